The molecule has 1 atom stereocenters. The molecule has 2 aliphatic heterocycles. The summed E-state index contributed by atoms with van der Waals surface area (Å²) in [5.74, 6) is -0.160. The summed E-state index contributed by atoms with van der Waals surface area (Å²) in [6.07, 6.45) is 4.10. The molecule has 2 heterocycles. The first-order valence-electron chi connectivity index (χ1n) is 4.98. The molecular weight excluding hydrogens is 337 g/mol. The summed E-state index contributed by atoms with van der Waals surface area (Å²) < 4.78 is 5.71. The summed E-state index contributed by atoms with van der Waals surface area (Å²) in [5.41, 5.74) is -0.105. The van der Waals surface area contributed by atoms with Crippen molar-refractivity contribution in [3.8, 4) is 0 Å². The lowest BCUT2D eigenvalue weighted by Crippen LogP contribution is -2.47. The number of hydrogen-bond acceptors (Lipinski definition) is 6. The van der Waals surface area contributed by atoms with Gasteiger partial charge >= 0.3 is 5.97 Å². The van der Waals surface area contributed by atoms with Crippen LogP contribution in [0.5, 0.6) is 0 Å². The van der Waals surface area contributed by atoms with Crippen LogP contribution in [0.3, 0.4) is 0 Å². The Labute approximate surface area is 111 Å². The lowest BCUT2D eigenvalue weighted by atomic mass is 10.2. The van der Waals surface area contributed by atoms with Gasteiger partial charge in [0.05, 0.1) is 6.61 Å². The van der Waals surface area contributed by atoms with Crippen molar-refractivity contribution >= 4 is 40.1 Å². The molecule has 2 rings (SSSR count). The highest BCUT2D eigenvalue weighted by Gasteiger charge is 2.32. The van der Waals surface area contributed by atoms with Gasteiger partial charge in [0.1, 0.15) is 0 Å². The molecule has 0 amide bonds. The summed E-state index contributed by atoms with van der Waals surface area (Å²) in [6.45, 7) is 1.92. The molecule has 0 aromatic rings. The number of aliphatic hydroxyl groups excluding tert-OH is 1. The number of rotatable bonds is 2. The zero-order valence-corrected chi connectivity index (χ0v) is 11.2. The number of carbonyl (C=O) groups excluding carboxylic acids is 1. The second kappa shape index (κ2) is 4.96. The van der Waals surface area contributed by atoms with E-state index in [1.165, 1.54) is 4.90 Å². The van der Waals surface area contributed by atoms with Crippen molar-refractivity contribution in [3.63, 3.8) is 0 Å². The Bertz CT molecular complexity index is 467. The molecule has 0 aliphatic carbocycles. The van der Waals surface area contributed by atoms with Crippen molar-refractivity contribution in [1.29, 1.82) is 0 Å². The van der Waals surface area contributed by atoms with Gasteiger partial charge in [-0.05, 0) is 41.7 Å². The van der Waals surface area contributed by atoms with Crippen LogP contribution in [0.2, 0.25) is 0 Å². The minimum absolute atomic E-state index is 0.105. The lowest BCUT2D eigenvalue weighted by molar-refractivity contribution is -0.135. The third-order valence-electron chi connectivity index (χ3n) is 2.17. The van der Waals surface area contributed by atoms with Crippen LogP contribution in [0.15, 0.2) is 32.1 Å². The van der Waals surface area contributed by atoms with E-state index in [1.807, 2.05) is 6.08 Å². The van der Waals surface area contributed by atoms with E-state index < -0.39 is 12.2 Å². The molecule has 0 bridgehead atoms. The maximum absolute atomic E-state index is 11.5. The molecule has 17 heavy (non-hydrogen) atoms. The van der Waals surface area contributed by atoms with Crippen LogP contribution >= 0.6 is 22.6 Å². The van der Waals surface area contributed by atoms with Gasteiger partial charge in [0, 0.05) is 9.78 Å². The van der Waals surface area contributed by atoms with Gasteiger partial charge in [-0.2, -0.15) is 0 Å². The third kappa shape index (κ3) is 2.39. The van der Waals surface area contributed by atoms with Gasteiger partial charge in [-0.1, -0.05) is 0 Å². The second-order valence-corrected chi connectivity index (χ2v) is 4.54. The summed E-state index contributed by atoms with van der Waals surface area (Å²) in [7, 11) is 0. The number of nitrogens with zero attached hydrogens (tertiary/aromatic N) is 3. The standard InChI is InChI=1S/C10H10IN3O3/c1-2-17-10(16)8-9(15)14-5-6(11)3-4-7(14)12-13-8/h3-5,9,15H,2H2,1H3. The van der Waals surface area contributed by atoms with Gasteiger partial charge < -0.3 is 9.84 Å². The van der Waals surface area contributed by atoms with E-state index in [0.29, 0.717) is 5.84 Å². The van der Waals surface area contributed by atoms with Crippen LogP contribution in [0, 0.1) is 0 Å². The number of carbonyl (C=O) groups is 1. The number of fused-ring (bicyclic) bond motifs is 1. The molecular formula is C10H10IN3O3. The minimum Gasteiger partial charge on any atom is -0.461 e. The SMILES string of the molecule is CCOC(=O)C1=NN=C2C=CC(I)=CN2C1O. The van der Waals surface area contributed by atoms with Gasteiger partial charge in [-0.25, -0.2) is 4.79 Å². The number of esters is 1. The number of halogens is 1. The molecule has 1 N–H and O–H groups in total. The van der Waals surface area contributed by atoms with E-state index in [9.17, 15) is 9.90 Å². The van der Waals surface area contributed by atoms with Crippen LogP contribution in [0.4, 0.5) is 0 Å². The molecule has 0 aromatic carbocycles. The third-order valence-corrected chi connectivity index (χ3v) is 2.81. The van der Waals surface area contributed by atoms with Crippen molar-refractivity contribution in [2.24, 2.45) is 10.2 Å². The fourth-order valence-electron chi connectivity index (χ4n) is 1.40. The highest BCUT2D eigenvalue weighted by atomic mass is 127. The fraction of sp³-hybridized carbons (Fsp3) is 0.300. The summed E-state index contributed by atoms with van der Waals surface area (Å²) in [5, 5.41) is 17.6. The fourth-order valence-corrected chi connectivity index (χ4v) is 1.88. The van der Waals surface area contributed by atoms with Gasteiger partial charge in [-0.3, -0.25) is 4.90 Å². The Morgan fingerprint density at radius 1 is 1.59 bits per heavy atom. The van der Waals surface area contributed by atoms with Crippen molar-refractivity contribution in [3.05, 3.63) is 21.9 Å². The average molecular weight is 347 g/mol. The van der Waals surface area contributed by atoms with E-state index in [4.69, 9.17) is 4.74 Å². The van der Waals surface area contributed by atoms with Gasteiger partial charge in [0.25, 0.3) is 0 Å². The molecule has 2 aliphatic rings. The van der Waals surface area contributed by atoms with Crippen LogP contribution in [0.1, 0.15) is 6.92 Å². The zero-order valence-electron chi connectivity index (χ0n) is 9.00. The van der Waals surface area contributed by atoms with Crippen LogP contribution in [-0.2, 0) is 9.53 Å². The number of aliphatic hydroxyl groups is 1. The predicted molar refractivity (Wildman–Crippen MR) is 70.6 cm³/mol. The molecule has 0 saturated heterocycles. The molecule has 1 unspecified atom stereocenters. The molecule has 0 fully saturated rings. The Hall–Kier alpha value is -1.22. The first-order chi connectivity index (χ1) is 8.13. The monoisotopic (exact) mass is 347 g/mol. The Morgan fingerprint density at radius 3 is 3.06 bits per heavy atom. The van der Waals surface area contributed by atoms with Crippen LogP contribution < -0.4 is 0 Å². The van der Waals surface area contributed by atoms with Crippen molar-refractivity contribution in [2.45, 2.75) is 13.2 Å². The van der Waals surface area contributed by atoms with Gasteiger partial charge in [-0.15, -0.1) is 10.2 Å². The lowest BCUT2D eigenvalue weighted by Gasteiger charge is -2.30. The predicted octanol–water partition coefficient (Wildman–Crippen LogP) is 0.784. The molecule has 0 radical (unpaired) electrons. The minimum atomic E-state index is -1.16. The van der Waals surface area contributed by atoms with E-state index in [1.54, 1.807) is 19.2 Å². The molecule has 0 spiro atoms. The quantitative estimate of drug-likeness (QED) is 0.592. The highest BCUT2D eigenvalue weighted by molar-refractivity contribution is 14.1. The van der Waals surface area contributed by atoms with Crippen molar-refractivity contribution < 1.29 is 14.6 Å². The molecule has 0 aromatic heterocycles. The van der Waals surface area contributed by atoms with Crippen LogP contribution in [-0.4, -0.2) is 40.4 Å². The van der Waals surface area contributed by atoms with Gasteiger partial charge in [0.2, 0.25) is 0 Å². The molecule has 7 heteroatoms. The van der Waals surface area contributed by atoms with Crippen molar-refractivity contribution in [1.82, 2.24) is 4.90 Å². The summed E-state index contributed by atoms with van der Waals surface area (Å²) >= 11 is 2.11. The first kappa shape index (κ1) is 12.2. The smallest absolute Gasteiger partial charge is 0.359 e. The van der Waals surface area contributed by atoms with Crippen molar-refractivity contribution in [2.75, 3.05) is 6.61 Å². The molecule has 6 nitrogen and oxygen atoms in total. The highest BCUT2D eigenvalue weighted by Crippen LogP contribution is 2.20. The molecule has 90 valence electrons. The first-order valence-corrected chi connectivity index (χ1v) is 6.06. The maximum Gasteiger partial charge on any atom is 0.359 e. The Kier molecular flexibility index (Phi) is 3.57. The Balaban J connectivity index is 2.28. The van der Waals surface area contributed by atoms with E-state index in [2.05, 4.69) is 32.8 Å². The number of ether oxygens (including phenoxy) is 1. The van der Waals surface area contributed by atoms with E-state index in [0.717, 1.165) is 3.58 Å². The van der Waals surface area contributed by atoms with E-state index in [-0.39, 0.29) is 12.3 Å². The number of allylic oxidation sites excluding steroid dienone is 2. The maximum atomic E-state index is 11.5. The van der Waals surface area contributed by atoms with Gasteiger partial charge in [0.15, 0.2) is 17.8 Å². The largest absolute Gasteiger partial charge is 0.461 e. The van der Waals surface area contributed by atoms with Crippen LogP contribution in [0.25, 0.3) is 0 Å². The molecule has 0 saturated carbocycles. The summed E-state index contributed by atoms with van der Waals surface area (Å²) in [6, 6.07) is 0. The number of amidine groups is 1. The average Bonchev–Trinajstić information content (AvgIpc) is 2.30. The second-order valence-electron chi connectivity index (χ2n) is 3.29. The zero-order chi connectivity index (χ0) is 12.4. The summed E-state index contributed by atoms with van der Waals surface area (Å²) in [4.78, 5) is 13.0. The van der Waals surface area contributed by atoms with E-state index >= 15 is 0 Å². The Morgan fingerprint density at radius 2 is 2.35 bits per heavy atom. The normalized spacial score (nSPS) is 22.4. The topological polar surface area (TPSA) is 74.5 Å². The number of hydrogen-bond donors (Lipinski definition) is 1.